The molecule has 1 atom stereocenters. The number of ether oxygens (including phenoxy) is 1. The minimum Gasteiger partial charge on any atom is -0.446 e. The fourth-order valence-corrected chi connectivity index (χ4v) is 4.68. The molecule has 5 rings (SSSR count). The van der Waals surface area contributed by atoms with Crippen molar-refractivity contribution >= 4 is 17.8 Å². The number of nitrogens with one attached hydrogen (secondary N) is 2. The lowest BCUT2D eigenvalue weighted by molar-refractivity contribution is -0.0500. The van der Waals surface area contributed by atoms with Crippen LogP contribution in [0.5, 0.6) is 0 Å². The first kappa shape index (κ1) is 21.8. The highest BCUT2D eigenvalue weighted by molar-refractivity contribution is 5.76. The lowest BCUT2D eigenvalue weighted by Gasteiger charge is -2.34. The minimum absolute atomic E-state index is 0.0746. The Morgan fingerprint density at radius 2 is 2.09 bits per heavy atom. The largest absolute Gasteiger partial charge is 0.446 e. The number of rotatable bonds is 6. The minimum atomic E-state index is -2.66. The monoisotopic (exact) mass is 462 g/mol. The van der Waals surface area contributed by atoms with Crippen molar-refractivity contribution in [3.8, 4) is 0 Å². The zero-order valence-electron chi connectivity index (χ0n) is 18.3. The van der Waals surface area contributed by atoms with Gasteiger partial charge in [0.1, 0.15) is 6.10 Å². The predicted molar refractivity (Wildman–Crippen MR) is 114 cm³/mol. The molecule has 1 saturated heterocycles. The van der Waals surface area contributed by atoms with E-state index in [9.17, 15) is 18.4 Å². The molecule has 2 aromatic heterocycles. The molecule has 0 aromatic carbocycles. The molecular weight excluding hydrogens is 434 g/mol. The van der Waals surface area contributed by atoms with Gasteiger partial charge in [0.05, 0.1) is 24.1 Å². The summed E-state index contributed by atoms with van der Waals surface area (Å²) in [7, 11) is 0. The van der Waals surface area contributed by atoms with Crippen LogP contribution in [0.25, 0.3) is 5.65 Å². The van der Waals surface area contributed by atoms with E-state index in [2.05, 4.69) is 20.7 Å². The maximum atomic E-state index is 13.8. The molecule has 1 unspecified atom stereocenters. The number of alkyl halides is 2. The molecule has 3 amide bonds. The molecular formula is C22H28F2N6O3. The summed E-state index contributed by atoms with van der Waals surface area (Å²) in [5.74, 6) is -2.83. The number of aromatic nitrogens is 3. The highest BCUT2D eigenvalue weighted by Gasteiger charge is 2.39. The van der Waals surface area contributed by atoms with Crippen LogP contribution in [0, 0.1) is 5.92 Å². The van der Waals surface area contributed by atoms with Gasteiger partial charge < -0.3 is 20.3 Å². The summed E-state index contributed by atoms with van der Waals surface area (Å²) in [4.78, 5) is 30.7. The molecule has 0 spiro atoms. The number of amides is 3. The number of hydrogen-bond donors (Lipinski definition) is 2. The predicted octanol–water partition coefficient (Wildman–Crippen LogP) is 3.40. The molecule has 9 nitrogen and oxygen atoms in total. The summed E-state index contributed by atoms with van der Waals surface area (Å²) in [5.41, 5.74) is 1.98. The number of urea groups is 1. The number of halogens is 2. The van der Waals surface area contributed by atoms with Gasteiger partial charge in [0, 0.05) is 32.5 Å². The van der Waals surface area contributed by atoms with Crippen molar-refractivity contribution in [2.45, 2.75) is 69.6 Å². The van der Waals surface area contributed by atoms with Gasteiger partial charge in [-0.25, -0.2) is 27.9 Å². The Morgan fingerprint density at radius 3 is 2.76 bits per heavy atom. The van der Waals surface area contributed by atoms with Gasteiger partial charge >= 0.3 is 12.1 Å². The molecule has 3 aliphatic rings. The van der Waals surface area contributed by atoms with E-state index in [1.165, 1.54) is 0 Å². The van der Waals surface area contributed by atoms with E-state index in [0.717, 1.165) is 24.8 Å². The van der Waals surface area contributed by atoms with Gasteiger partial charge in [-0.05, 0) is 49.7 Å². The zero-order valence-corrected chi connectivity index (χ0v) is 18.3. The van der Waals surface area contributed by atoms with Gasteiger partial charge in [-0.1, -0.05) is 0 Å². The van der Waals surface area contributed by atoms with Crippen molar-refractivity contribution in [1.29, 1.82) is 0 Å². The topological polar surface area (TPSA) is 101 Å². The van der Waals surface area contributed by atoms with Crippen LogP contribution >= 0.6 is 0 Å². The van der Waals surface area contributed by atoms with Crippen molar-refractivity contribution in [2.75, 3.05) is 13.1 Å². The highest BCUT2D eigenvalue weighted by atomic mass is 19.3. The Kier molecular flexibility index (Phi) is 5.79. The number of alkyl carbamates (subject to hydrolysis) is 1. The van der Waals surface area contributed by atoms with E-state index < -0.39 is 18.1 Å². The van der Waals surface area contributed by atoms with Crippen LogP contribution in [0.2, 0.25) is 0 Å². The fourth-order valence-electron chi connectivity index (χ4n) is 4.68. The second kappa shape index (κ2) is 8.75. The number of imidazole rings is 1. The summed E-state index contributed by atoms with van der Waals surface area (Å²) >= 11 is 0. The van der Waals surface area contributed by atoms with Gasteiger partial charge in [-0.3, -0.25) is 0 Å². The van der Waals surface area contributed by atoms with Crippen molar-refractivity contribution in [3.05, 3.63) is 29.7 Å². The van der Waals surface area contributed by atoms with Gasteiger partial charge in [-0.15, -0.1) is 0 Å². The lowest BCUT2D eigenvalue weighted by Crippen LogP contribution is -2.39. The van der Waals surface area contributed by atoms with Gasteiger partial charge in [0.15, 0.2) is 5.65 Å². The van der Waals surface area contributed by atoms with E-state index in [4.69, 9.17) is 4.74 Å². The second-order valence-electron chi connectivity index (χ2n) is 9.26. The third-order valence-corrected chi connectivity index (χ3v) is 6.87. The number of carbonyl (C=O) groups is 2. The molecule has 2 N–H and O–H groups in total. The Bertz CT molecular complexity index is 1030. The summed E-state index contributed by atoms with van der Waals surface area (Å²) in [6.45, 7) is 1.67. The molecule has 3 fully saturated rings. The molecule has 0 bridgehead atoms. The average Bonchev–Trinajstić information content (AvgIpc) is 3.35. The van der Waals surface area contributed by atoms with E-state index in [1.807, 2.05) is 6.07 Å². The molecule has 33 heavy (non-hydrogen) atoms. The Balaban J connectivity index is 1.36. The molecule has 1 aliphatic heterocycles. The van der Waals surface area contributed by atoms with Crippen LogP contribution in [0.15, 0.2) is 18.5 Å². The molecule has 2 aliphatic carbocycles. The number of hydrogen-bond acceptors (Lipinski definition) is 5. The van der Waals surface area contributed by atoms with Crippen LogP contribution in [0.3, 0.4) is 0 Å². The quantitative estimate of drug-likeness (QED) is 0.685. The highest BCUT2D eigenvalue weighted by Crippen LogP contribution is 2.41. The standard InChI is InChI=1S/C22H28F2N6O3/c23-22(24)6-4-15(5-7-22)19(28-21(32)33-16-2-1-3-16)17-13-30-18(27-17)10-14(11-26-30)12-29-9-8-25-20(29)31/h10-11,13,15-16,19H,1-9,12H2,(H,25,31)(H,28,32). The molecule has 3 heterocycles. The van der Waals surface area contributed by atoms with Crippen LogP contribution in [-0.2, 0) is 11.3 Å². The summed E-state index contributed by atoms with van der Waals surface area (Å²) in [6.07, 6.45) is 5.70. The summed E-state index contributed by atoms with van der Waals surface area (Å²) < 4.78 is 34.6. The van der Waals surface area contributed by atoms with Crippen molar-refractivity contribution in [1.82, 2.24) is 30.1 Å². The Labute approximate surface area is 189 Å². The molecule has 2 aromatic rings. The van der Waals surface area contributed by atoms with Crippen molar-refractivity contribution < 1.29 is 23.1 Å². The lowest BCUT2D eigenvalue weighted by atomic mass is 9.81. The summed E-state index contributed by atoms with van der Waals surface area (Å²) in [5, 5.41) is 10.1. The van der Waals surface area contributed by atoms with Crippen LogP contribution < -0.4 is 10.6 Å². The SMILES string of the molecule is O=C(NC(c1cn2ncc(CN3CCNC3=O)cc2n1)C1CCC(F)(F)CC1)OC1CCC1. The Hall–Kier alpha value is -2.98. The number of carbonyl (C=O) groups excluding carboxylic acids is 2. The molecule has 178 valence electrons. The zero-order chi connectivity index (χ0) is 23.0. The average molecular weight is 463 g/mol. The first-order valence-electron chi connectivity index (χ1n) is 11.6. The van der Waals surface area contributed by atoms with Crippen molar-refractivity contribution in [2.24, 2.45) is 5.92 Å². The van der Waals surface area contributed by atoms with Crippen LogP contribution in [0.4, 0.5) is 18.4 Å². The molecule has 2 saturated carbocycles. The Morgan fingerprint density at radius 1 is 1.30 bits per heavy atom. The maximum Gasteiger partial charge on any atom is 0.407 e. The van der Waals surface area contributed by atoms with Crippen LogP contribution in [-0.4, -0.2) is 56.7 Å². The normalized spacial score (nSPS) is 22.1. The fraction of sp³-hybridized carbons (Fsp3) is 0.636. The van der Waals surface area contributed by atoms with E-state index >= 15 is 0 Å². The smallest absolute Gasteiger partial charge is 0.407 e. The van der Waals surface area contributed by atoms with E-state index in [-0.39, 0.29) is 43.7 Å². The number of nitrogens with zero attached hydrogens (tertiary/aromatic N) is 4. The molecule has 0 radical (unpaired) electrons. The second-order valence-corrected chi connectivity index (χ2v) is 9.26. The van der Waals surface area contributed by atoms with Crippen LogP contribution in [0.1, 0.15) is 62.2 Å². The van der Waals surface area contributed by atoms with Gasteiger partial charge in [-0.2, -0.15) is 5.10 Å². The first-order valence-corrected chi connectivity index (χ1v) is 11.6. The van der Waals surface area contributed by atoms with E-state index in [0.29, 0.717) is 31.0 Å². The maximum absolute atomic E-state index is 13.8. The number of fused-ring (bicyclic) bond motifs is 1. The van der Waals surface area contributed by atoms with Crippen molar-refractivity contribution in [3.63, 3.8) is 0 Å². The third kappa shape index (κ3) is 4.86. The summed E-state index contributed by atoms with van der Waals surface area (Å²) in [6, 6.07) is 1.20. The first-order chi connectivity index (χ1) is 15.9. The van der Waals surface area contributed by atoms with Gasteiger partial charge in [0.25, 0.3) is 0 Å². The van der Waals surface area contributed by atoms with E-state index in [1.54, 1.807) is 21.8 Å². The third-order valence-electron chi connectivity index (χ3n) is 6.87. The van der Waals surface area contributed by atoms with Gasteiger partial charge in [0.2, 0.25) is 5.92 Å². The molecule has 11 heteroatoms.